The monoisotopic (exact) mass is 623 g/mol. The van der Waals surface area contributed by atoms with Gasteiger partial charge in [-0.1, -0.05) is 26.8 Å². The highest BCUT2D eigenvalue weighted by Crippen LogP contribution is 2.31. The Bertz CT molecular complexity index is 1630. The van der Waals surface area contributed by atoms with E-state index in [1.54, 1.807) is 24.3 Å². The summed E-state index contributed by atoms with van der Waals surface area (Å²) in [6.07, 6.45) is 0.845. The molecule has 236 valence electrons. The van der Waals surface area contributed by atoms with Crippen LogP contribution in [-0.4, -0.2) is 79.1 Å². The average molecular weight is 624 g/mol. The third-order valence-corrected chi connectivity index (χ3v) is 8.58. The number of nitrogens with zero attached hydrogens (tertiary/aromatic N) is 3. The lowest BCUT2D eigenvalue weighted by Gasteiger charge is -2.33. The molecule has 9 nitrogen and oxygen atoms in total. The molecule has 2 N–H and O–H groups in total. The first kappa shape index (κ1) is 31.4. The van der Waals surface area contributed by atoms with Gasteiger partial charge in [0.05, 0.1) is 10.6 Å². The van der Waals surface area contributed by atoms with Crippen LogP contribution in [0.3, 0.4) is 0 Å². The predicted molar refractivity (Wildman–Crippen MR) is 177 cm³/mol. The van der Waals surface area contributed by atoms with Crippen molar-refractivity contribution in [3.8, 4) is 11.5 Å². The van der Waals surface area contributed by atoms with Crippen LogP contribution < -0.4 is 20.1 Å². The number of carbonyl (C=O) groups is 2. The molecule has 2 aliphatic rings. The summed E-state index contributed by atoms with van der Waals surface area (Å²) in [5.41, 5.74) is 1.66. The zero-order valence-electron chi connectivity index (χ0n) is 25.3. The fourth-order valence-electron chi connectivity index (χ4n) is 5.08. The number of halogens is 1. The summed E-state index contributed by atoms with van der Waals surface area (Å²) < 4.78 is 25.7. The molecule has 2 aromatic carbocycles. The van der Waals surface area contributed by atoms with Crippen molar-refractivity contribution in [2.24, 2.45) is 0 Å². The second-order valence-corrected chi connectivity index (χ2v) is 11.3. The molecule has 11 heteroatoms. The highest BCUT2D eigenvalue weighted by atomic mass is 32.1. The normalized spacial score (nSPS) is 14.9. The number of pyridine rings is 1. The van der Waals surface area contributed by atoms with Crippen LogP contribution in [0.15, 0.2) is 54.6 Å². The van der Waals surface area contributed by atoms with E-state index in [4.69, 9.17) is 14.5 Å². The Balaban J connectivity index is 0.00000141. The van der Waals surface area contributed by atoms with Crippen molar-refractivity contribution in [3.63, 3.8) is 0 Å². The van der Waals surface area contributed by atoms with Crippen LogP contribution in [-0.2, 0) is 6.42 Å². The number of hydrogen-bond donors (Lipinski definition) is 2. The largest absolute Gasteiger partial charge is 0.486 e. The van der Waals surface area contributed by atoms with Crippen LogP contribution in [0.25, 0.3) is 10.2 Å². The van der Waals surface area contributed by atoms with Gasteiger partial charge >= 0.3 is 0 Å². The number of likely N-dealkylation sites (N-methyl/N-ethyl adjacent to an activating group) is 1. The van der Waals surface area contributed by atoms with Gasteiger partial charge in [0.15, 0.2) is 11.5 Å². The molecular weight excluding hydrogens is 581 g/mol. The Kier molecular flexibility index (Phi) is 10.4. The number of nitrogens with one attached hydrogen (secondary N) is 2. The maximum absolute atomic E-state index is 14.7. The molecule has 0 aliphatic carbocycles. The van der Waals surface area contributed by atoms with E-state index < -0.39 is 17.6 Å². The number of hydrogen-bond acceptors (Lipinski definition) is 8. The second kappa shape index (κ2) is 14.6. The lowest BCUT2D eigenvalue weighted by Crippen LogP contribution is -2.46. The number of thiophene rings is 1. The maximum Gasteiger partial charge on any atom is 0.265 e. The highest BCUT2D eigenvalue weighted by molar-refractivity contribution is 7.20. The van der Waals surface area contributed by atoms with E-state index in [9.17, 15) is 14.0 Å². The number of aromatic nitrogens is 1. The van der Waals surface area contributed by atoms with Crippen molar-refractivity contribution in [1.82, 2.24) is 14.8 Å². The molecule has 0 radical (unpaired) electrons. The number of piperazine rings is 1. The van der Waals surface area contributed by atoms with Crippen molar-refractivity contribution >= 4 is 44.7 Å². The molecule has 6 rings (SSSR count). The summed E-state index contributed by atoms with van der Waals surface area (Å²) in [6, 6.07) is 14.7. The van der Waals surface area contributed by atoms with E-state index in [2.05, 4.69) is 27.4 Å². The van der Waals surface area contributed by atoms with E-state index in [-0.39, 0.29) is 8.54 Å². The molecule has 0 unspecified atom stereocenters. The summed E-state index contributed by atoms with van der Waals surface area (Å²) in [4.78, 5) is 36.8. The quantitative estimate of drug-likeness (QED) is 0.234. The Morgan fingerprint density at radius 1 is 0.909 bits per heavy atom. The lowest BCUT2D eigenvalue weighted by atomic mass is 10.1. The summed E-state index contributed by atoms with van der Waals surface area (Å²) in [5, 5.41) is 6.26. The lowest BCUT2D eigenvalue weighted by molar-refractivity contribution is 0.102. The van der Waals surface area contributed by atoms with E-state index in [0.717, 1.165) is 61.6 Å². The molecule has 1 fully saturated rings. The minimum Gasteiger partial charge on any atom is -0.486 e. The Labute approximate surface area is 263 Å². The molecular formula is C33H42FN5O4S. The Morgan fingerprint density at radius 3 is 2.43 bits per heavy atom. The van der Waals surface area contributed by atoms with Gasteiger partial charge < -0.3 is 29.9 Å². The van der Waals surface area contributed by atoms with Crippen molar-refractivity contribution in [3.05, 3.63) is 76.5 Å². The van der Waals surface area contributed by atoms with Crippen LogP contribution in [0.1, 0.15) is 49.3 Å². The smallest absolute Gasteiger partial charge is 0.265 e. The molecule has 0 atom stereocenters. The Hall–Kier alpha value is -4.06. The van der Waals surface area contributed by atoms with Crippen LogP contribution >= 0.6 is 11.3 Å². The first-order chi connectivity index (χ1) is 21.4. The fraction of sp³-hybridized carbons (Fsp3) is 0.364. The predicted octanol–water partition coefficient (Wildman–Crippen LogP) is 6.41. The number of anilines is 2. The minimum atomic E-state index is -0.609. The summed E-state index contributed by atoms with van der Waals surface area (Å²) in [5.74, 6) is -0.371. The maximum atomic E-state index is 14.7. The molecule has 2 amide bonds. The highest BCUT2D eigenvalue weighted by Gasteiger charge is 2.18. The molecule has 44 heavy (non-hydrogen) atoms. The number of rotatable bonds is 8. The van der Waals surface area contributed by atoms with Gasteiger partial charge in [-0.3, -0.25) is 9.59 Å². The van der Waals surface area contributed by atoms with Gasteiger partial charge in [-0.25, -0.2) is 9.37 Å². The molecule has 2 aliphatic heterocycles. The number of fused-ring (bicyclic) bond motifs is 2. The first-order valence-electron chi connectivity index (χ1n) is 15.1. The van der Waals surface area contributed by atoms with Gasteiger partial charge in [-0.15, -0.1) is 11.3 Å². The van der Waals surface area contributed by atoms with E-state index >= 15 is 0 Å². The zero-order valence-corrected chi connectivity index (χ0v) is 26.1. The molecule has 0 spiro atoms. The Morgan fingerprint density at radius 2 is 1.66 bits per heavy atom. The molecule has 1 saturated heterocycles. The van der Waals surface area contributed by atoms with Crippen LogP contribution in [0, 0.1) is 5.82 Å². The van der Waals surface area contributed by atoms with Gasteiger partial charge in [-0.05, 0) is 55.1 Å². The van der Waals surface area contributed by atoms with Gasteiger partial charge in [0.1, 0.15) is 23.9 Å². The van der Waals surface area contributed by atoms with E-state index in [1.165, 1.54) is 29.5 Å². The van der Waals surface area contributed by atoms with Crippen molar-refractivity contribution in [2.45, 2.75) is 27.2 Å². The standard InChI is InChI=1S/C31H32FN5O4S.C2H6.2H2/c1-2-36-11-13-37(14-12-36)10-9-22-5-3-21-18-28(42-31(21)34-22)30(39)35-25-19-23(6-7-24(25)32)33-29(38)20-4-8-26-27(17-20)41-16-15-40-26;1-2;;/h3-8,17-19H,2,9-16H2,1H3,(H,33,38)(H,35,39);1-2H3;2*1H. The second-order valence-electron chi connectivity index (χ2n) is 10.3. The summed E-state index contributed by atoms with van der Waals surface area (Å²) in [7, 11) is 0. The van der Waals surface area contributed by atoms with Crippen LogP contribution in [0.5, 0.6) is 11.5 Å². The number of carbonyl (C=O) groups excluding carboxylic acids is 2. The summed E-state index contributed by atoms with van der Waals surface area (Å²) in [6.45, 7) is 13.4. The van der Waals surface area contributed by atoms with Crippen LogP contribution in [0.4, 0.5) is 15.8 Å². The van der Waals surface area contributed by atoms with Crippen LogP contribution in [0.2, 0.25) is 0 Å². The molecule has 0 saturated carbocycles. The van der Waals surface area contributed by atoms with Gasteiger partial charge in [0, 0.05) is 64.3 Å². The topological polar surface area (TPSA) is 96.0 Å². The molecule has 4 heterocycles. The summed E-state index contributed by atoms with van der Waals surface area (Å²) >= 11 is 1.27. The average Bonchev–Trinajstić information content (AvgIpc) is 3.50. The minimum absolute atomic E-state index is 0. The SMILES string of the molecule is CC.CCN1CCN(CCc2ccc3cc(C(=O)Nc4cc(NC(=O)c5ccc6c(c5)OCCO6)ccc4F)sc3n2)CC1.[HH].[HH]. The molecule has 2 aromatic heterocycles. The number of benzene rings is 2. The fourth-order valence-corrected chi connectivity index (χ4v) is 6.03. The van der Waals surface area contributed by atoms with E-state index in [0.29, 0.717) is 40.8 Å². The van der Waals surface area contributed by atoms with Gasteiger partial charge in [0.25, 0.3) is 11.8 Å². The van der Waals surface area contributed by atoms with Crippen molar-refractivity contribution < 1.29 is 26.3 Å². The molecule has 0 bridgehead atoms. The van der Waals surface area contributed by atoms with Crippen molar-refractivity contribution in [2.75, 3.05) is 63.1 Å². The van der Waals surface area contributed by atoms with E-state index in [1.807, 2.05) is 26.0 Å². The third-order valence-electron chi connectivity index (χ3n) is 7.54. The number of ether oxygens (including phenoxy) is 2. The van der Waals surface area contributed by atoms with Gasteiger partial charge in [-0.2, -0.15) is 0 Å². The molecule has 4 aromatic rings. The first-order valence-corrected chi connectivity index (χ1v) is 15.9. The number of amides is 2. The zero-order chi connectivity index (χ0) is 31.1. The van der Waals surface area contributed by atoms with Crippen molar-refractivity contribution in [1.29, 1.82) is 0 Å². The van der Waals surface area contributed by atoms with Gasteiger partial charge in [0.2, 0.25) is 0 Å². The third kappa shape index (κ3) is 7.53.